The summed E-state index contributed by atoms with van der Waals surface area (Å²) in [6.07, 6.45) is 13.8. The summed E-state index contributed by atoms with van der Waals surface area (Å²) in [4.78, 5) is 2.46. The Morgan fingerprint density at radius 1 is 1.45 bits per heavy atom. The molecule has 1 heteroatoms. The summed E-state index contributed by atoms with van der Waals surface area (Å²) in [5.41, 5.74) is 1.97. The summed E-state index contributed by atoms with van der Waals surface area (Å²) in [5, 5.41) is 0. The largest absolute Gasteiger partial charge is 0.364 e. The zero-order valence-corrected chi connectivity index (χ0v) is 6.46. The first-order valence-electron chi connectivity index (χ1n) is 4.20. The molecule has 2 bridgehead atoms. The molecule has 1 unspecified atom stereocenters. The molecule has 3 aliphatic rings. The molecule has 3 rings (SSSR count). The Labute approximate surface area is 66.7 Å². The van der Waals surface area contributed by atoms with E-state index in [1.807, 2.05) is 0 Å². The van der Waals surface area contributed by atoms with Gasteiger partial charge in [0.2, 0.25) is 0 Å². The molecule has 0 radical (unpaired) electrons. The van der Waals surface area contributed by atoms with Crippen molar-refractivity contribution in [3.8, 4) is 0 Å². The Kier molecular flexibility index (Phi) is 0.823. The van der Waals surface area contributed by atoms with Gasteiger partial charge in [0, 0.05) is 6.54 Å². The number of rotatable bonds is 0. The molecule has 1 aliphatic carbocycles. The van der Waals surface area contributed by atoms with Gasteiger partial charge in [-0.2, -0.15) is 0 Å². The maximum Gasteiger partial charge on any atom is 0.0658 e. The van der Waals surface area contributed by atoms with Crippen LogP contribution in [-0.2, 0) is 0 Å². The monoisotopic (exact) mass is 145 g/mol. The van der Waals surface area contributed by atoms with Crippen molar-refractivity contribution in [2.24, 2.45) is 0 Å². The summed E-state index contributed by atoms with van der Waals surface area (Å²) < 4.78 is 0. The highest BCUT2D eigenvalue weighted by Gasteiger charge is 2.42. The van der Waals surface area contributed by atoms with E-state index in [4.69, 9.17) is 0 Å². The van der Waals surface area contributed by atoms with Crippen LogP contribution in [0.3, 0.4) is 0 Å². The minimum atomic E-state index is 0.379. The highest BCUT2D eigenvalue weighted by molar-refractivity contribution is 5.37. The van der Waals surface area contributed by atoms with Crippen molar-refractivity contribution in [2.45, 2.75) is 18.4 Å². The molecule has 0 aromatic rings. The molecule has 2 heterocycles. The average Bonchev–Trinajstić information content (AvgIpc) is 2.43. The van der Waals surface area contributed by atoms with E-state index in [1.54, 1.807) is 5.57 Å². The van der Waals surface area contributed by atoms with Gasteiger partial charge in [0.15, 0.2) is 0 Å². The molecule has 1 spiro atoms. The molecule has 56 valence electrons. The van der Waals surface area contributed by atoms with E-state index >= 15 is 0 Å². The molecule has 1 nitrogen and oxygen atoms in total. The van der Waals surface area contributed by atoms with Crippen molar-refractivity contribution in [1.29, 1.82) is 0 Å². The molecule has 0 N–H and O–H groups in total. The van der Waals surface area contributed by atoms with E-state index in [9.17, 15) is 0 Å². The van der Waals surface area contributed by atoms with Crippen LogP contribution in [0.2, 0.25) is 0 Å². The molecule has 11 heavy (non-hydrogen) atoms. The summed E-state index contributed by atoms with van der Waals surface area (Å²) in [7, 11) is 0. The van der Waals surface area contributed by atoms with Crippen LogP contribution >= 0.6 is 0 Å². The number of hydrogen-bond donors (Lipinski definition) is 0. The second kappa shape index (κ2) is 1.60. The Balaban J connectivity index is 2.14. The van der Waals surface area contributed by atoms with Crippen LogP contribution in [0.25, 0.3) is 0 Å². The highest BCUT2D eigenvalue weighted by Crippen LogP contribution is 2.42. The third-order valence-electron chi connectivity index (χ3n) is 2.97. The fourth-order valence-electron chi connectivity index (χ4n) is 2.40. The van der Waals surface area contributed by atoms with Crippen LogP contribution in [0.4, 0.5) is 0 Å². The Bertz CT molecular complexity index is 285. The van der Waals surface area contributed by atoms with Crippen molar-refractivity contribution >= 4 is 0 Å². The maximum atomic E-state index is 2.46. The van der Waals surface area contributed by atoms with E-state index in [2.05, 4.69) is 35.4 Å². The second-order valence-electron chi connectivity index (χ2n) is 3.68. The van der Waals surface area contributed by atoms with Crippen molar-refractivity contribution in [1.82, 2.24) is 4.90 Å². The Morgan fingerprint density at radius 2 is 2.45 bits per heavy atom. The zero-order valence-electron chi connectivity index (χ0n) is 6.46. The van der Waals surface area contributed by atoms with E-state index in [0.717, 1.165) is 6.54 Å². The van der Waals surface area contributed by atoms with Gasteiger partial charge in [0.1, 0.15) is 0 Å². The van der Waals surface area contributed by atoms with Crippen LogP contribution in [0, 0.1) is 0 Å². The van der Waals surface area contributed by atoms with Gasteiger partial charge in [-0.3, -0.25) is 0 Å². The van der Waals surface area contributed by atoms with Crippen molar-refractivity contribution in [2.75, 3.05) is 6.54 Å². The standard InChI is InChI=1S/C10H11N/c1-3-9-7-10(4-1)5-2-6-11(10)8-9/h1-4,6H,5,7-8H2. The van der Waals surface area contributed by atoms with Crippen LogP contribution in [0.5, 0.6) is 0 Å². The zero-order chi connectivity index (χ0) is 7.31. The van der Waals surface area contributed by atoms with Crippen molar-refractivity contribution in [3.05, 3.63) is 36.1 Å². The van der Waals surface area contributed by atoms with Crippen molar-refractivity contribution < 1.29 is 0 Å². The fraction of sp³-hybridized carbons (Fsp3) is 0.400. The van der Waals surface area contributed by atoms with Gasteiger partial charge in [0.25, 0.3) is 0 Å². The summed E-state index contributed by atoms with van der Waals surface area (Å²) in [5.74, 6) is 0. The molecule has 1 fully saturated rings. The predicted molar refractivity (Wildman–Crippen MR) is 45.0 cm³/mol. The van der Waals surface area contributed by atoms with Gasteiger partial charge in [-0.05, 0) is 24.6 Å². The van der Waals surface area contributed by atoms with Gasteiger partial charge >= 0.3 is 0 Å². The number of allylic oxidation sites excluding steroid dienone is 2. The van der Waals surface area contributed by atoms with Gasteiger partial charge in [0.05, 0.1) is 5.54 Å². The number of nitrogens with zero attached hydrogens (tertiary/aromatic N) is 1. The molecule has 0 saturated carbocycles. The Hall–Kier alpha value is -0.980. The van der Waals surface area contributed by atoms with Gasteiger partial charge in [-0.15, -0.1) is 0 Å². The molecule has 1 saturated heterocycles. The molecule has 0 aromatic heterocycles. The SMILES string of the molecule is C1=CC23CC=CN2CC(=C1)C3. The maximum absolute atomic E-state index is 2.46. The van der Waals surface area contributed by atoms with Crippen molar-refractivity contribution in [3.63, 3.8) is 0 Å². The molecule has 2 aliphatic heterocycles. The van der Waals surface area contributed by atoms with E-state index in [1.165, 1.54) is 12.8 Å². The number of hydrogen-bond acceptors (Lipinski definition) is 1. The lowest BCUT2D eigenvalue weighted by atomic mass is 9.89. The quantitative estimate of drug-likeness (QED) is 0.502. The molecule has 0 amide bonds. The minimum Gasteiger partial charge on any atom is -0.364 e. The normalized spacial score (nSPS) is 37.8. The first kappa shape index (κ1) is 5.64. The first-order chi connectivity index (χ1) is 5.39. The third kappa shape index (κ3) is 0.566. The van der Waals surface area contributed by atoms with Crippen LogP contribution in [0.1, 0.15) is 12.8 Å². The lowest BCUT2D eigenvalue weighted by Crippen LogP contribution is -2.34. The fourth-order valence-corrected chi connectivity index (χ4v) is 2.40. The molecule has 0 aromatic carbocycles. The summed E-state index contributed by atoms with van der Waals surface area (Å²) >= 11 is 0. The number of fused-ring (bicyclic) bond motifs is 1. The van der Waals surface area contributed by atoms with Crippen LogP contribution in [0.15, 0.2) is 36.1 Å². The lowest BCUT2D eigenvalue weighted by Gasteiger charge is -2.29. The smallest absolute Gasteiger partial charge is 0.0658 e. The predicted octanol–water partition coefficient (Wildman–Crippen LogP) is 1.84. The van der Waals surface area contributed by atoms with Gasteiger partial charge in [-0.1, -0.05) is 24.3 Å². The molecular formula is C10H11N. The van der Waals surface area contributed by atoms with Crippen LogP contribution in [-0.4, -0.2) is 17.0 Å². The highest BCUT2D eigenvalue weighted by atomic mass is 15.2. The summed E-state index contributed by atoms with van der Waals surface area (Å²) in [6.45, 7) is 1.16. The topological polar surface area (TPSA) is 3.24 Å². The van der Waals surface area contributed by atoms with E-state index in [0.29, 0.717) is 5.54 Å². The first-order valence-corrected chi connectivity index (χ1v) is 4.20. The second-order valence-corrected chi connectivity index (χ2v) is 3.68. The summed E-state index contributed by atoms with van der Waals surface area (Å²) in [6, 6.07) is 0. The van der Waals surface area contributed by atoms with E-state index < -0.39 is 0 Å². The molecular weight excluding hydrogens is 134 g/mol. The lowest BCUT2D eigenvalue weighted by molar-refractivity contribution is 0.290. The third-order valence-corrected chi connectivity index (χ3v) is 2.97. The Morgan fingerprint density at radius 3 is 3.45 bits per heavy atom. The molecule has 1 atom stereocenters. The van der Waals surface area contributed by atoms with Gasteiger partial charge in [-0.25, -0.2) is 0 Å². The van der Waals surface area contributed by atoms with Gasteiger partial charge < -0.3 is 4.90 Å². The van der Waals surface area contributed by atoms with Crippen LogP contribution < -0.4 is 0 Å². The minimum absolute atomic E-state index is 0.379. The van der Waals surface area contributed by atoms with E-state index in [-0.39, 0.29) is 0 Å². The average molecular weight is 145 g/mol.